The average molecular weight is 347 g/mol. The van der Waals surface area contributed by atoms with Gasteiger partial charge in [-0.2, -0.15) is 0 Å². The highest BCUT2D eigenvalue weighted by molar-refractivity contribution is 7.89. The molecule has 7 heteroatoms. The molecule has 1 aromatic carbocycles. The molecule has 0 unspecified atom stereocenters. The zero-order valence-corrected chi connectivity index (χ0v) is 14.7. The lowest BCUT2D eigenvalue weighted by Gasteiger charge is -2.16. The fourth-order valence-corrected chi connectivity index (χ4v) is 3.36. The van der Waals surface area contributed by atoms with Crippen molar-refractivity contribution in [2.45, 2.75) is 31.7 Å². The summed E-state index contributed by atoms with van der Waals surface area (Å²) in [5, 5.41) is 2.88. The predicted octanol–water partition coefficient (Wildman–Crippen LogP) is 2.18. The van der Waals surface area contributed by atoms with Crippen LogP contribution in [0.3, 0.4) is 0 Å². The molecular formula is C17H21N3O3S. The van der Waals surface area contributed by atoms with Crippen LogP contribution in [0, 0.1) is 6.92 Å². The highest BCUT2D eigenvalue weighted by Gasteiger charge is 2.18. The van der Waals surface area contributed by atoms with E-state index in [-0.39, 0.29) is 23.4 Å². The van der Waals surface area contributed by atoms with Crippen molar-refractivity contribution in [1.29, 1.82) is 0 Å². The summed E-state index contributed by atoms with van der Waals surface area (Å²) < 4.78 is 26.6. The number of aryl methyl sites for hydroxylation is 1. The van der Waals surface area contributed by atoms with E-state index in [1.807, 2.05) is 19.1 Å². The van der Waals surface area contributed by atoms with Gasteiger partial charge in [0, 0.05) is 24.5 Å². The monoisotopic (exact) mass is 347 g/mol. The van der Waals surface area contributed by atoms with Gasteiger partial charge in [0.25, 0.3) is 5.91 Å². The van der Waals surface area contributed by atoms with E-state index in [1.54, 1.807) is 32.3 Å². The van der Waals surface area contributed by atoms with Crippen LogP contribution < -0.4 is 10.0 Å². The molecule has 0 radical (unpaired) electrons. The number of sulfonamides is 1. The zero-order valence-electron chi connectivity index (χ0n) is 13.9. The molecular weight excluding hydrogens is 326 g/mol. The standard InChI is InChI=1S/C17H21N3O3S/c1-4-19-24(22,23)15-6-5-12(2)16(11-15)17(21)20-13(3)14-7-9-18-10-8-14/h5-11,13,19H,4H2,1-3H3,(H,20,21)/t13-/m0/s1. The van der Waals surface area contributed by atoms with Crippen LogP contribution in [0.25, 0.3) is 0 Å². The SMILES string of the molecule is CCNS(=O)(=O)c1ccc(C)c(C(=O)N[C@@H](C)c2ccncc2)c1. The normalized spacial score (nSPS) is 12.6. The number of aromatic nitrogens is 1. The molecule has 0 spiro atoms. The molecule has 2 rings (SSSR count). The zero-order chi connectivity index (χ0) is 17.7. The number of benzene rings is 1. The van der Waals surface area contributed by atoms with Crippen LogP contribution in [0.5, 0.6) is 0 Å². The Morgan fingerprint density at radius 2 is 1.88 bits per heavy atom. The van der Waals surface area contributed by atoms with Gasteiger partial charge in [0.05, 0.1) is 10.9 Å². The number of carbonyl (C=O) groups excluding carboxylic acids is 1. The van der Waals surface area contributed by atoms with Gasteiger partial charge in [-0.3, -0.25) is 9.78 Å². The van der Waals surface area contributed by atoms with Gasteiger partial charge >= 0.3 is 0 Å². The molecule has 24 heavy (non-hydrogen) atoms. The highest BCUT2D eigenvalue weighted by atomic mass is 32.2. The number of nitrogens with one attached hydrogen (secondary N) is 2. The predicted molar refractivity (Wildman–Crippen MR) is 92.2 cm³/mol. The maximum atomic E-state index is 12.5. The minimum atomic E-state index is -3.60. The van der Waals surface area contributed by atoms with Crippen molar-refractivity contribution in [2.24, 2.45) is 0 Å². The summed E-state index contributed by atoms with van der Waals surface area (Å²) in [6, 6.07) is 7.97. The topological polar surface area (TPSA) is 88.2 Å². The van der Waals surface area contributed by atoms with Gasteiger partial charge in [0.15, 0.2) is 0 Å². The van der Waals surface area contributed by atoms with E-state index in [9.17, 15) is 13.2 Å². The lowest BCUT2D eigenvalue weighted by molar-refractivity contribution is 0.0939. The number of carbonyl (C=O) groups is 1. The first-order valence-electron chi connectivity index (χ1n) is 7.66. The van der Waals surface area contributed by atoms with Crippen molar-refractivity contribution in [3.05, 3.63) is 59.4 Å². The molecule has 1 atom stereocenters. The largest absolute Gasteiger partial charge is 0.346 e. The summed E-state index contributed by atoms with van der Waals surface area (Å²) in [6.07, 6.45) is 3.32. The third-order valence-electron chi connectivity index (χ3n) is 3.65. The Kier molecular flexibility index (Phi) is 5.69. The lowest BCUT2D eigenvalue weighted by atomic mass is 10.1. The van der Waals surface area contributed by atoms with E-state index in [0.717, 1.165) is 5.56 Å². The molecule has 128 valence electrons. The summed E-state index contributed by atoms with van der Waals surface area (Å²) in [7, 11) is -3.60. The van der Waals surface area contributed by atoms with Crippen LogP contribution in [0.4, 0.5) is 0 Å². The van der Waals surface area contributed by atoms with Gasteiger partial charge < -0.3 is 5.32 Å². The molecule has 0 aliphatic carbocycles. The van der Waals surface area contributed by atoms with Gasteiger partial charge in [-0.25, -0.2) is 13.1 Å². The van der Waals surface area contributed by atoms with Crippen molar-refractivity contribution in [1.82, 2.24) is 15.0 Å². The van der Waals surface area contributed by atoms with E-state index in [0.29, 0.717) is 11.1 Å². The second kappa shape index (κ2) is 7.55. The Morgan fingerprint density at radius 1 is 1.21 bits per heavy atom. The van der Waals surface area contributed by atoms with Gasteiger partial charge in [-0.1, -0.05) is 13.0 Å². The quantitative estimate of drug-likeness (QED) is 0.838. The third-order valence-corrected chi connectivity index (χ3v) is 5.20. The van der Waals surface area contributed by atoms with Crippen LogP contribution in [0.15, 0.2) is 47.6 Å². The first-order chi connectivity index (χ1) is 11.3. The van der Waals surface area contributed by atoms with Gasteiger partial charge in [-0.05, 0) is 49.2 Å². The summed E-state index contributed by atoms with van der Waals surface area (Å²) in [5.41, 5.74) is 1.98. The van der Waals surface area contributed by atoms with E-state index in [4.69, 9.17) is 0 Å². The molecule has 6 nitrogen and oxygen atoms in total. The molecule has 0 saturated heterocycles. The lowest BCUT2D eigenvalue weighted by Crippen LogP contribution is -2.28. The summed E-state index contributed by atoms with van der Waals surface area (Å²) in [4.78, 5) is 16.6. The maximum Gasteiger partial charge on any atom is 0.252 e. The number of pyridine rings is 1. The smallest absolute Gasteiger partial charge is 0.252 e. The molecule has 0 saturated carbocycles. The number of hydrogen-bond acceptors (Lipinski definition) is 4. The fraction of sp³-hybridized carbons (Fsp3) is 0.294. The molecule has 0 aliphatic rings. The molecule has 1 amide bonds. The summed E-state index contributed by atoms with van der Waals surface area (Å²) in [6.45, 7) is 5.63. The van der Waals surface area contributed by atoms with Crippen LogP contribution in [0.1, 0.15) is 41.4 Å². The van der Waals surface area contributed by atoms with E-state index in [1.165, 1.54) is 12.1 Å². The van der Waals surface area contributed by atoms with Crippen molar-refractivity contribution in [3.8, 4) is 0 Å². The van der Waals surface area contributed by atoms with E-state index >= 15 is 0 Å². The number of nitrogens with zero attached hydrogens (tertiary/aromatic N) is 1. The average Bonchev–Trinajstić information content (AvgIpc) is 2.55. The Hall–Kier alpha value is -2.25. The minimum absolute atomic E-state index is 0.0802. The first kappa shape index (κ1) is 18.1. The number of amides is 1. The highest BCUT2D eigenvalue weighted by Crippen LogP contribution is 2.17. The fourth-order valence-electron chi connectivity index (χ4n) is 2.30. The summed E-state index contributed by atoms with van der Waals surface area (Å²) >= 11 is 0. The maximum absolute atomic E-state index is 12.5. The first-order valence-corrected chi connectivity index (χ1v) is 9.14. The molecule has 0 fully saturated rings. The number of hydrogen-bond donors (Lipinski definition) is 2. The van der Waals surface area contributed by atoms with Crippen molar-refractivity contribution < 1.29 is 13.2 Å². The Balaban J connectivity index is 2.26. The van der Waals surface area contributed by atoms with Gasteiger partial charge in [0.2, 0.25) is 10.0 Å². The van der Waals surface area contributed by atoms with Crippen LogP contribution >= 0.6 is 0 Å². The van der Waals surface area contributed by atoms with E-state index in [2.05, 4.69) is 15.0 Å². The molecule has 1 heterocycles. The summed E-state index contributed by atoms with van der Waals surface area (Å²) in [5.74, 6) is -0.314. The van der Waals surface area contributed by atoms with Crippen molar-refractivity contribution in [3.63, 3.8) is 0 Å². The van der Waals surface area contributed by atoms with Gasteiger partial charge in [0.1, 0.15) is 0 Å². The second-order valence-electron chi connectivity index (χ2n) is 5.45. The van der Waals surface area contributed by atoms with Crippen LogP contribution in [-0.4, -0.2) is 25.9 Å². The third kappa shape index (κ3) is 4.18. The van der Waals surface area contributed by atoms with Crippen LogP contribution in [0.2, 0.25) is 0 Å². The molecule has 0 aliphatic heterocycles. The molecule has 0 bridgehead atoms. The Bertz CT molecular complexity index is 820. The van der Waals surface area contributed by atoms with Gasteiger partial charge in [-0.15, -0.1) is 0 Å². The molecule has 2 aromatic rings. The minimum Gasteiger partial charge on any atom is -0.346 e. The molecule has 2 N–H and O–H groups in total. The van der Waals surface area contributed by atoms with Crippen LogP contribution in [-0.2, 0) is 10.0 Å². The van der Waals surface area contributed by atoms with E-state index < -0.39 is 10.0 Å². The molecule has 1 aromatic heterocycles. The Labute approximate surface area is 142 Å². The van der Waals surface area contributed by atoms with Crippen molar-refractivity contribution in [2.75, 3.05) is 6.54 Å². The van der Waals surface area contributed by atoms with Crippen molar-refractivity contribution >= 4 is 15.9 Å². The second-order valence-corrected chi connectivity index (χ2v) is 7.22. The Morgan fingerprint density at radius 3 is 2.50 bits per heavy atom. The number of rotatable bonds is 6.